The lowest BCUT2D eigenvalue weighted by atomic mass is 10.1. The summed E-state index contributed by atoms with van der Waals surface area (Å²) in [7, 11) is 0. The fourth-order valence-corrected chi connectivity index (χ4v) is 2.28. The monoisotopic (exact) mass is 309 g/mol. The van der Waals surface area contributed by atoms with Gasteiger partial charge in [-0.25, -0.2) is 9.37 Å². The van der Waals surface area contributed by atoms with Crippen molar-refractivity contribution in [1.29, 1.82) is 0 Å². The molecule has 0 spiro atoms. The molecule has 1 aromatic heterocycles. The number of rotatable bonds is 4. The van der Waals surface area contributed by atoms with Gasteiger partial charge < -0.3 is 5.32 Å². The fourth-order valence-electron chi connectivity index (χ4n) is 2.28. The van der Waals surface area contributed by atoms with Crippen molar-refractivity contribution in [1.82, 2.24) is 9.97 Å². The Kier molecular flexibility index (Phi) is 4.19. The number of aromatic amines is 1. The third-order valence-corrected chi connectivity index (χ3v) is 3.43. The number of aryl methyl sites for hydroxylation is 1. The average molecular weight is 309 g/mol. The minimum absolute atomic E-state index is 0.224. The molecule has 116 valence electrons. The number of aromatic nitrogens is 2. The minimum atomic E-state index is -0.276. The maximum atomic E-state index is 12.9. The van der Waals surface area contributed by atoms with Gasteiger partial charge in [-0.1, -0.05) is 35.9 Å². The number of anilines is 1. The molecule has 3 rings (SSSR count). The van der Waals surface area contributed by atoms with Crippen LogP contribution in [0, 0.1) is 12.7 Å². The van der Waals surface area contributed by atoms with Crippen LogP contribution in [0.2, 0.25) is 0 Å². The van der Waals surface area contributed by atoms with Gasteiger partial charge in [0.2, 0.25) is 5.95 Å². The Labute approximate surface area is 133 Å². The lowest BCUT2D eigenvalue weighted by Gasteiger charge is -2.08. The van der Waals surface area contributed by atoms with E-state index < -0.39 is 0 Å². The zero-order chi connectivity index (χ0) is 16.2. The van der Waals surface area contributed by atoms with Crippen molar-refractivity contribution < 1.29 is 4.39 Å². The predicted molar refractivity (Wildman–Crippen MR) is 88.8 cm³/mol. The van der Waals surface area contributed by atoms with E-state index >= 15 is 0 Å². The summed E-state index contributed by atoms with van der Waals surface area (Å²) in [6, 6.07) is 15.5. The molecule has 0 bridgehead atoms. The molecule has 0 unspecified atom stereocenters. The highest BCUT2D eigenvalue weighted by atomic mass is 19.1. The van der Waals surface area contributed by atoms with Gasteiger partial charge in [-0.15, -0.1) is 0 Å². The van der Waals surface area contributed by atoms with Crippen LogP contribution in [-0.2, 0) is 6.54 Å². The van der Waals surface area contributed by atoms with Crippen LogP contribution in [0.3, 0.4) is 0 Å². The molecule has 0 fully saturated rings. The van der Waals surface area contributed by atoms with Crippen molar-refractivity contribution in [2.75, 3.05) is 5.32 Å². The number of nitrogens with zero attached hydrogens (tertiary/aromatic N) is 1. The van der Waals surface area contributed by atoms with Crippen molar-refractivity contribution in [2.24, 2.45) is 0 Å². The molecule has 4 nitrogen and oxygen atoms in total. The maximum absolute atomic E-state index is 12.9. The quantitative estimate of drug-likeness (QED) is 0.775. The van der Waals surface area contributed by atoms with Crippen LogP contribution in [0.5, 0.6) is 0 Å². The van der Waals surface area contributed by atoms with Crippen LogP contribution < -0.4 is 10.9 Å². The highest BCUT2D eigenvalue weighted by Gasteiger charge is 2.04. The molecule has 3 aromatic rings. The third-order valence-electron chi connectivity index (χ3n) is 3.43. The Bertz CT molecular complexity index is 872. The summed E-state index contributed by atoms with van der Waals surface area (Å²) < 4.78 is 12.9. The lowest BCUT2D eigenvalue weighted by Crippen LogP contribution is -2.12. The van der Waals surface area contributed by atoms with Crippen molar-refractivity contribution in [3.05, 3.63) is 81.9 Å². The van der Waals surface area contributed by atoms with E-state index in [4.69, 9.17) is 0 Å². The van der Waals surface area contributed by atoms with Gasteiger partial charge in [0.05, 0.1) is 5.69 Å². The number of halogens is 1. The highest BCUT2D eigenvalue weighted by Crippen LogP contribution is 2.17. The molecular weight excluding hydrogens is 293 g/mol. The number of hydrogen-bond donors (Lipinski definition) is 2. The van der Waals surface area contributed by atoms with Crippen LogP contribution in [0.4, 0.5) is 10.3 Å². The standard InChI is InChI=1S/C18H16FN3O/c1-12-3-2-4-14(9-12)16-10-17(23)22-18(21-16)20-11-13-5-7-15(19)8-6-13/h2-10H,11H2,1H3,(H2,20,21,22,23). The Morgan fingerprint density at radius 3 is 2.65 bits per heavy atom. The van der Waals surface area contributed by atoms with Crippen LogP contribution in [0.1, 0.15) is 11.1 Å². The molecular formula is C18H16FN3O. The Morgan fingerprint density at radius 2 is 1.91 bits per heavy atom. The van der Waals surface area contributed by atoms with Gasteiger partial charge in [0.25, 0.3) is 5.56 Å². The molecule has 0 saturated heterocycles. The number of H-pyrrole nitrogens is 1. The van der Waals surface area contributed by atoms with Crippen molar-refractivity contribution in [2.45, 2.75) is 13.5 Å². The van der Waals surface area contributed by atoms with E-state index in [9.17, 15) is 9.18 Å². The molecule has 1 heterocycles. The van der Waals surface area contributed by atoms with Gasteiger partial charge in [0.15, 0.2) is 0 Å². The third kappa shape index (κ3) is 3.83. The van der Waals surface area contributed by atoms with Gasteiger partial charge in [-0.3, -0.25) is 9.78 Å². The minimum Gasteiger partial charge on any atom is -0.352 e. The maximum Gasteiger partial charge on any atom is 0.252 e. The number of benzene rings is 2. The van der Waals surface area contributed by atoms with Gasteiger partial charge >= 0.3 is 0 Å². The molecule has 0 radical (unpaired) electrons. The molecule has 2 N–H and O–H groups in total. The van der Waals surface area contributed by atoms with Crippen molar-refractivity contribution >= 4 is 5.95 Å². The largest absolute Gasteiger partial charge is 0.352 e. The van der Waals surface area contributed by atoms with E-state index in [1.165, 1.54) is 18.2 Å². The summed E-state index contributed by atoms with van der Waals surface area (Å²) in [5.74, 6) is 0.111. The molecule has 0 aliphatic rings. The molecule has 23 heavy (non-hydrogen) atoms. The van der Waals surface area contributed by atoms with Crippen LogP contribution in [0.25, 0.3) is 11.3 Å². The molecule has 0 atom stereocenters. The molecule has 2 aromatic carbocycles. The van der Waals surface area contributed by atoms with Crippen LogP contribution >= 0.6 is 0 Å². The van der Waals surface area contributed by atoms with Gasteiger partial charge in [-0.2, -0.15) is 0 Å². The second-order valence-corrected chi connectivity index (χ2v) is 5.33. The van der Waals surface area contributed by atoms with E-state index in [-0.39, 0.29) is 11.4 Å². The first kappa shape index (κ1) is 15.0. The first-order valence-electron chi connectivity index (χ1n) is 7.27. The number of hydrogen-bond acceptors (Lipinski definition) is 3. The zero-order valence-corrected chi connectivity index (χ0v) is 12.6. The van der Waals surface area contributed by atoms with Crippen molar-refractivity contribution in [3.8, 4) is 11.3 Å². The van der Waals surface area contributed by atoms with Crippen molar-refractivity contribution in [3.63, 3.8) is 0 Å². The molecule has 0 aliphatic heterocycles. The van der Waals surface area contributed by atoms with E-state index in [2.05, 4.69) is 15.3 Å². The van der Waals surface area contributed by atoms with E-state index in [1.807, 2.05) is 31.2 Å². The Balaban J connectivity index is 1.83. The van der Waals surface area contributed by atoms with Crippen LogP contribution in [-0.4, -0.2) is 9.97 Å². The second-order valence-electron chi connectivity index (χ2n) is 5.33. The molecule has 0 amide bonds. The summed E-state index contributed by atoms with van der Waals surface area (Å²) in [6.45, 7) is 2.44. The highest BCUT2D eigenvalue weighted by molar-refractivity contribution is 5.60. The van der Waals surface area contributed by atoms with Gasteiger partial charge in [-0.05, 0) is 30.7 Å². The van der Waals surface area contributed by atoms with Gasteiger partial charge in [0, 0.05) is 18.2 Å². The summed E-state index contributed by atoms with van der Waals surface area (Å²) in [5, 5.41) is 3.06. The second kappa shape index (κ2) is 6.44. The average Bonchev–Trinajstić information content (AvgIpc) is 2.54. The molecule has 0 saturated carbocycles. The normalized spacial score (nSPS) is 10.5. The first-order chi connectivity index (χ1) is 11.1. The van der Waals surface area contributed by atoms with Gasteiger partial charge in [0.1, 0.15) is 5.82 Å². The summed E-state index contributed by atoms with van der Waals surface area (Å²) >= 11 is 0. The zero-order valence-electron chi connectivity index (χ0n) is 12.6. The lowest BCUT2D eigenvalue weighted by molar-refractivity contribution is 0.627. The topological polar surface area (TPSA) is 57.8 Å². The first-order valence-corrected chi connectivity index (χ1v) is 7.27. The Morgan fingerprint density at radius 1 is 1.13 bits per heavy atom. The Hall–Kier alpha value is -2.95. The van der Waals surface area contributed by atoms with E-state index in [0.717, 1.165) is 16.7 Å². The summed E-state index contributed by atoms with van der Waals surface area (Å²) in [5.41, 5.74) is 3.28. The smallest absolute Gasteiger partial charge is 0.252 e. The fraction of sp³-hybridized carbons (Fsp3) is 0.111. The SMILES string of the molecule is Cc1cccc(-c2cc(=O)[nH]c(NCc3ccc(F)cc3)n2)c1. The number of nitrogens with one attached hydrogen (secondary N) is 2. The molecule has 5 heteroatoms. The van der Waals surface area contributed by atoms with Crippen LogP contribution in [0.15, 0.2) is 59.4 Å². The van der Waals surface area contributed by atoms with E-state index in [1.54, 1.807) is 12.1 Å². The summed E-state index contributed by atoms with van der Waals surface area (Å²) in [4.78, 5) is 18.9. The van der Waals surface area contributed by atoms with E-state index in [0.29, 0.717) is 18.2 Å². The predicted octanol–water partition coefficient (Wildman–Crippen LogP) is 3.50. The summed E-state index contributed by atoms with van der Waals surface area (Å²) in [6.07, 6.45) is 0. The molecule has 0 aliphatic carbocycles.